The van der Waals surface area contributed by atoms with Crippen LogP contribution >= 0.6 is 0 Å². The van der Waals surface area contributed by atoms with Gasteiger partial charge in [0.25, 0.3) is 0 Å². The molecule has 0 aliphatic rings. The van der Waals surface area contributed by atoms with Gasteiger partial charge in [0.1, 0.15) is 7.11 Å². The van der Waals surface area contributed by atoms with Gasteiger partial charge in [0.15, 0.2) is 0 Å². The van der Waals surface area contributed by atoms with Gasteiger partial charge >= 0.3 is 5.97 Å². The highest BCUT2D eigenvalue weighted by molar-refractivity contribution is 5.88. The van der Waals surface area contributed by atoms with Crippen LogP contribution in [0.1, 0.15) is 42.1 Å². The molecular weight excluding hydrogens is 204 g/mol. The van der Waals surface area contributed by atoms with Crippen LogP contribution in [0.25, 0.3) is 0 Å². The van der Waals surface area contributed by atoms with Crippen molar-refractivity contribution in [1.29, 1.82) is 0 Å². The molecule has 0 aliphatic carbocycles. The predicted molar refractivity (Wildman–Crippen MR) is 61.5 cm³/mol. The number of unbranched alkanes of at least 4 members (excludes halogenated alkanes) is 2. The molecule has 0 atom stereocenters. The van der Waals surface area contributed by atoms with Gasteiger partial charge in [0.2, 0.25) is 0 Å². The van der Waals surface area contributed by atoms with E-state index in [2.05, 4.69) is 23.8 Å². The van der Waals surface area contributed by atoms with E-state index in [4.69, 9.17) is 0 Å². The Hall–Kier alpha value is -1.35. The molecule has 0 bridgehead atoms. The van der Waals surface area contributed by atoms with E-state index in [1.54, 1.807) is 12.1 Å². The number of aryl methyl sites for hydroxylation is 1. The number of carbonyl (C=O) groups is 1. The fourth-order valence-electron chi connectivity index (χ4n) is 1.49. The Bertz CT molecular complexity index is 316. The zero-order chi connectivity index (χ0) is 11.8. The van der Waals surface area contributed by atoms with E-state index in [0.717, 1.165) is 6.42 Å². The lowest BCUT2D eigenvalue weighted by Crippen LogP contribution is -2.03. The zero-order valence-corrected chi connectivity index (χ0v) is 9.57. The van der Waals surface area contributed by atoms with Gasteiger partial charge < -0.3 is 0 Å². The summed E-state index contributed by atoms with van der Waals surface area (Å²) in [6, 6.07) is 7.36. The molecule has 0 heterocycles. The van der Waals surface area contributed by atoms with Crippen molar-refractivity contribution in [2.75, 3.05) is 0 Å². The minimum atomic E-state index is -0.518. The van der Waals surface area contributed by atoms with Gasteiger partial charge in [-0.25, -0.2) is 4.79 Å². The molecule has 0 fully saturated rings. The molecule has 0 unspecified atom stereocenters. The van der Waals surface area contributed by atoms with E-state index in [1.807, 2.05) is 12.1 Å². The van der Waals surface area contributed by atoms with Crippen LogP contribution in [0.5, 0.6) is 0 Å². The number of rotatable bonds is 6. The fourth-order valence-corrected chi connectivity index (χ4v) is 1.49. The van der Waals surface area contributed by atoms with Crippen molar-refractivity contribution in [2.24, 2.45) is 0 Å². The van der Waals surface area contributed by atoms with Crippen LogP contribution < -0.4 is 0 Å². The molecule has 0 aliphatic heterocycles. The van der Waals surface area contributed by atoms with Gasteiger partial charge in [-0.15, -0.1) is 0 Å². The highest BCUT2D eigenvalue weighted by Gasteiger charge is 2.06. The molecule has 0 saturated heterocycles. The number of hydrogen-bond acceptors (Lipinski definition) is 3. The Morgan fingerprint density at radius 3 is 2.50 bits per heavy atom. The third kappa shape index (κ3) is 4.03. The van der Waals surface area contributed by atoms with E-state index >= 15 is 0 Å². The summed E-state index contributed by atoms with van der Waals surface area (Å²) in [6.07, 6.45) is 4.68. The van der Waals surface area contributed by atoms with Gasteiger partial charge in [0.05, 0.1) is 5.56 Å². The Kier molecular flexibility index (Phi) is 5.57. The molecular formula is C13H17O3. The second-order valence-corrected chi connectivity index (χ2v) is 3.64. The van der Waals surface area contributed by atoms with Crippen LogP contribution in [0.4, 0.5) is 0 Å². The molecule has 1 rings (SSSR count). The predicted octanol–water partition coefficient (Wildman–Crippen LogP) is 3.30. The first-order valence-electron chi connectivity index (χ1n) is 5.50. The van der Waals surface area contributed by atoms with E-state index in [0.29, 0.717) is 5.56 Å². The average molecular weight is 221 g/mol. The minimum Gasteiger partial charge on any atom is -0.293 e. The summed E-state index contributed by atoms with van der Waals surface area (Å²) in [5.41, 5.74) is 1.71. The Morgan fingerprint density at radius 2 is 1.94 bits per heavy atom. The van der Waals surface area contributed by atoms with Crippen molar-refractivity contribution < 1.29 is 14.6 Å². The topological polar surface area (TPSA) is 35.5 Å². The average Bonchev–Trinajstić information content (AvgIpc) is 2.30. The van der Waals surface area contributed by atoms with Crippen molar-refractivity contribution in [3.05, 3.63) is 42.5 Å². The van der Waals surface area contributed by atoms with E-state index in [1.165, 1.54) is 24.8 Å². The van der Waals surface area contributed by atoms with Gasteiger partial charge in [-0.1, -0.05) is 31.9 Å². The summed E-state index contributed by atoms with van der Waals surface area (Å²) in [5, 5.41) is 0. The minimum absolute atomic E-state index is 0.475. The molecule has 3 heteroatoms. The Labute approximate surface area is 96.3 Å². The molecule has 1 radical (unpaired) electrons. The van der Waals surface area contributed by atoms with Gasteiger partial charge in [0, 0.05) is 0 Å². The van der Waals surface area contributed by atoms with Crippen molar-refractivity contribution in [1.82, 2.24) is 0 Å². The normalized spacial score (nSPS) is 10.1. The van der Waals surface area contributed by atoms with Crippen LogP contribution in [0.2, 0.25) is 0 Å². The zero-order valence-electron chi connectivity index (χ0n) is 9.57. The Balaban J connectivity index is 2.50. The highest BCUT2D eigenvalue weighted by atomic mass is 17.2. The number of hydrogen-bond donors (Lipinski definition) is 0. The van der Waals surface area contributed by atoms with E-state index < -0.39 is 5.97 Å². The summed E-state index contributed by atoms with van der Waals surface area (Å²) in [6.45, 7) is 2.18. The van der Waals surface area contributed by atoms with E-state index in [9.17, 15) is 4.79 Å². The summed E-state index contributed by atoms with van der Waals surface area (Å²) in [5.74, 6) is -0.518. The summed E-state index contributed by atoms with van der Waals surface area (Å²) in [4.78, 5) is 19.6. The lowest BCUT2D eigenvalue weighted by atomic mass is 10.1. The van der Waals surface area contributed by atoms with Crippen LogP contribution in [0, 0.1) is 7.11 Å². The molecule has 3 nitrogen and oxygen atoms in total. The van der Waals surface area contributed by atoms with Crippen molar-refractivity contribution in [3.8, 4) is 0 Å². The first-order valence-corrected chi connectivity index (χ1v) is 5.50. The van der Waals surface area contributed by atoms with Crippen molar-refractivity contribution >= 4 is 5.97 Å². The molecule has 87 valence electrons. The fraction of sp³-hybridized carbons (Fsp3) is 0.385. The SMILES string of the molecule is [CH2]OOC(=O)c1ccc(CCCCC)cc1. The molecule has 0 N–H and O–H groups in total. The quantitative estimate of drug-likeness (QED) is 0.420. The summed E-state index contributed by atoms with van der Waals surface area (Å²) >= 11 is 0. The smallest absolute Gasteiger partial charge is 0.293 e. The van der Waals surface area contributed by atoms with Gasteiger partial charge in [-0.3, -0.25) is 4.89 Å². The molecule has 0 saturated carbocycles. The first-order chi connectivity index (χ1) is 7.77. The molecule has 0 spiro atoms. The number of benzene rings is 1. The standard InChI is InChI=1S/C13H17O3/c1-3-4-5-6-11-7-9-12(10-8-11)13(14)16-15-2/h7-10H,2-6H2,1H3. The summed E-state index contributed by atoms with van der Waals surface area (Å²) < 4.78 is 0. The van der Waals surface area contributed by atoms with Gasteiger partial charge in [-0.2, -0.15) is 4.89 Å². The maximum absolute atomic E-state index is 11.2. The maximum atomic E-state index is 11.2. The lowest BCUT2D eigenvalue weighted by Gasteiger charge is -2.02. The molecule has 1 aromatic carbocycles. The number of carbonyl (C=O) groups excluding carboxylic acids is 1. The Morgan fingerprint density at radius 1 is 1.25 bits per heavy atom. The molecule has 0 aromatic heterocycles. The monoisotopic (exact) mass is 221 g/mol. The molecule has 16 heavy (non-hydrogen) atoms. The van der Waals surface area contributed by atoms with E-state index in [-0.39, 0.29) is 0 Å². The second-order valence-electron chi connectivity index (χ2n) is 3.64. The third-order valence-electron chi connectivity index (χ3n) is 2.39. The van der Waals surface area contributed by atoms with Crippen LogP contribution in [-0.4, -0.2) is 5.97 Å². The highest BCUT2D eigenvalue weighted by Crippen LogP contribution is 2.09. The van der Waals surface area contributed by atoms with Crippen LogP contribution in [-0.2, 0) is 16.2 Å². The third-order valence-corrected chi connectivity index (χ3v) is 2.39. The second kappa shape index (κ2) is 7.01. The molecule has 0 amide bonds. The largest absolute Gasteiger partial charge is 0.373 e. The maximum Gasteiger partial charge on any atom is 0.373 e. The van der Waals surface area contributed by atoms with Crippen molar-refractivity contribution in [2.45, 2.75) is 32.6 Å². The van der Waals surface area contributed by atoms with Crippen LogP contribution in [0.15, 0.2) is 24.3 Å². The summed E-state index contributed by atoms with van der Waals surface area (Å²) in [7, 11) is 2.98. The lowest BCUT2D eigenvalue weighted by molar-refractivity contribution is -0.195. The van der Waals surface area contributed by atoms with Crippen LogP contribution in [0.3, 0.4) is 0 Å². The molecule has 1 aromatic rings. The van der Waals surface area contributed by atoms with Gasteiger partial charge in [-0.05, 0) is 30.5 Å². The van der Waals surface area contributed by atoms with Crippen molar-refractivity contribution in [3.63, 3.8) is 0 Å². The first kappa shape index (κ1) is 12.7.